The molecule has 2 aliphatic heterocycles. The molecular formula is C18H22BrN3O2. The number of aromatic nitrogens is 1. The second kappa shape index (κ2) is 6.67. The molecule has 3 rings (SSSR count). The number of allylic oxidation sites excluding steroid dienone is 1. The summed E-state index contributed by atoms with van der Waals surface area (Å²) in [6.45, 7) is 6.41. The Morgan fingerprint density at radius 2 is 2.17 bits per heavy atom. The van der Waals surface area contributed by atoms with Crippen molar-refractivity contribution in [2.45, 2.75) is 51.7 Å². The molecule has 3 heterocycles. The molecule has 6 heteroatoms. The van der Waals surface area contributed by atoms with E-state index in [9.17, 15) is 4.79 Å². The van der Waals surface area contributed by atoms with Crippen molar-refractivity contribution in [3.63, 3.8) is 0 Å². The van der Waals surface area contributed by atoms with Gasteiger partial charge in [0.1, 0.15) is 10.2 Å². The fourth-order valence-electron chi connectivity index (χ4n) is 3.05. The van der Waals surface area contributed by atoms with Crippen LogP contribution in [0.1, 0.15) is 45.6 Å². The number of nitrogens with zero attached hydrogens (tertiary/aromatic N) is 3. The first-order chi connectivity index (χ1) is 11.3. The summed E-state index contributed by atoms with van der Waals surface area (Å²) in [6, 6.07) is 4.00. The highest BCUT2D eigenvalue weighted by Crippen LogP contribution is 2.30. The lowest BCUT2D eigenvalue weighted by Gasteiger charge is -2.28. The molecule has 128 valence electrons. The Labute approximate surface area is 150 Å². The van der Waals surface area contributed by atoms with E-state index in [1.165, 1.54) is 0 Å². The van der Waals surface area contributed by atoms with Crippen LogP contribution in [0.5, 0.6) is 0 Å². The van der Waals surface area contributed by atoms with Crippen molar-refractivity contribution in [3.8, 4) is 0 Å². The van der Waals surface area contributed by atoms with E-state index in [1.807, 2.05) is 50.2 Å². The van der Waals surface area contributed by atoms with Gasteiger partial charge in [0.25, 0.3) is 0 Å². The van der Waals surface area contributed by atoms with Gasteiger partial charge in [-0.2, -0.15) is 0 Å². The summed E-state index contributed by atoms with van der Waals surface area (Å²) < 4.78 is 6.35. The smallest absolute Gasteiger partial charge is 0.410 e. The number of likely N-dealkylation sites (tertiary alicyclic amines) is 1. The third-order valence-corrected chi connectivity index (χ3v) is 4.59. The van der Waals surface area contributed by atoms with Gasteiger partial charge in [-0.15, -0.1) is 0 Å². The summed E-state index contributed by atoms with van der Waals surface area (Å²) in [5.41, 5.74) is 2.77. The van der Waals surface area contributed by atoms with Gasteiger partial charge in [-0.25, -0.2) is 9.78 Å². The zero-order valence-electron chi connectivity index (χ0n) is 14.3. The van der Waals surface area contributed by atoms with Crippen LogP contribution in [0, 0.1) is 0 Å². The van der Waals surface area contributed by atoms with Gasteiger partial charge >= 0.3 is 6.09 Å². The van der Waals surface area contributed by atoms with Crippen molar-refractivity contribution in [2.24, 2.45) is 4.99 Å². The number of hydrogen-bond donors (Lipinski definition) is 0. The fourth-order valence-corrected chi connectivity index (χ4v) is 3.28. The molecule has 1 amide bonds. The Balaban J connectivity index is 1.67. The first-order valence-electron chi connectivity index (χ1n) is 8.21. The molecule has 0 saturated carbocycles. The molecule has 0 aliphatic carbocycles. The van der Waals surface area contributed by atoms with Crippen LogP contribution >= 0.6 is 15.9 Å². The van der Waals surface area contributed by atoms with Crippen molar-refractivity contribution in [1.82, 2.24) is 9.88 Å². The number of carbonyl (C=O) groups excluding carboxylic acids is 1. The minimum absolute atomic E-state index is 0.0389. The second-order valence-electron chi connectivity index (χ2n) is 7.15. The number of hydrogen-bond acceptors (Lipinski definition) is 4. The number of halogens is 1. The zero-order chi connectivity index (χ0) is 17.3. The Morgan fingerprint density at radius 1 is 1.38 bits per heavy atom. The lowest BCUT2D eigenvalue weighted by atomic mass is 10.00. The van der Waals surface area contributed by atoms with Crippen LogP contribution in [0.2, 0.25) is 0 Å². The van der Waals surface area contributed by atoms with Crippen molar-refractivity contribution in [3.05, 3.63) is 34.7 Å². The third-order valence-electron chi connectivity index (χ3n) is 4.12. The molecule has 0 N–H and O–H groups in total. The van der Waals surface area contributed by atoms with Crippen LogP contribution in [0.4, 0.5) is 4.79 Å². The van der Waals surface area contributed by atoms with Crippen LogP contribution in [0.15, 0.2) is 34.1 Å². The maximum Gasteiger partial charge on any atom is 0.410 e. The fraction of sp³-hybridized carbons (Fsp3) is 0.500. The molecule has 1 fully saturated rings. The average Bonchev–Trinajstić information content (AvgIpc) is 3.15. The number of amides is 1. The topological polar surface area (TPSA) is 54.8 Å². The SMILES string of the molecule is CC(C)(C)OC(=O)N1CCC[C@H]1C1=NC=C(c2ccc(Br)nc2)C1. The van der Waals surface area contributed by atoms with Crippen molar-refractivity contribution in [2.75, 3.05) is 6.54 Å². The van der Waals surface area contributed by atoms with E-state index in [0.717, 1.165) is 47.3 Å². The molecule has 1 saturated heterocycles. The third kappa shape index (κ3) is 3.86. The lowest BCUT2D eigenvalue weighted by Crippen LogP contribution is -2.43. The van der Waals surface area contributed by atoms with E-state index in [2.05, 4.69) is 25.9 Å². The first-order valence-corrected chi connectivity index (χ1v) is 9.00. The minimum Gasteiger partial charge on any atom is -0.444 e. The summed E-state index contributed by atoms with van der Waals surface area (Å²) >= 11 is 3.35. The summed E-state index contributed by atoms with van der Waals surface area (Å²) in [7, 11) is 0. The molecule has 5 nitrogen and oxygen atoms in total. The van der Waals surface area contributed by atoms with E-state index in [1.54, 1.807) is 0 Å². The molecule has 1 aromatic heterocycles. The van der Waals surface area contributed by atoms with E-state index in [-0.39, 0.29) is 12.1 Å². The summed E-state index contributed by atoms with van der Waals surface area (Å²) in [5, 5.41) is 0. The number of aliphatic imine (C=N–C) groups is 1. The average molecular weight is 392 g/mol. The molecule has 0 spiro atoms. The van der Waals surface area contributed by atoms with Gasteiger partial charge in [-0.05, 0) is 66.7 Å². The number of pyridine rings is 1. The highest BCUT2D eigenvalue weighted by molar-refractivity contribution is 9.10. The number of carbonyl (C=O) groups is 1. The molecule has 0 bridgehead atoms. The lowest BCUT2D eigenvalue weighted by molar-refractivity contribution is 0.0265. The van der Waals surface area contributed by atoms with Crippen molar-refractivity contribution < 1.29 is 9.53 Å². The summed E-state index contributed by atoms with van der Waals surface area (Å²) in [5.74, 6) is 0. The van der Waals surface area contributed by atoms with Gasteiger partial charge < -0.3 is 4.74 Å². The standard InChI is InChI=1S/C18H22BrN3O2/c1-18(2,3)24-17(23)22-8-4-5-15(22)14-9-13(11-20-14)12-6-7-16(19)21-10-12/h6-7,10-11,15H,4-5,8-9H2,1-3H3/t15-/m0/s1. The largest absolute Gasteiger partial charge is 0.444 e. The maximum atomic E-state index is 12.4. The van der Waals surface area contributed by atoms with Crippen LogP contribution in [-0.2, 0) is 4.74 Å². The highest BCUT2D eigenvalue weighted by atomic mass is 79.9. The highest BCUT2D eigenvalue weighted by Gasteiger charge is 2.36. The zero-order valence-corrected chi connectivity index (χ0v) is 15.8. The maximum absolute atomic E-state index is 12.4. The Hall–Kier alpha value is -1.69. The molecule has 0 aromatic carbocycles. The second-order valence-corrected chi connectivity index (χ2v) is 7.97. The predicted octanol–water partition coefficient (Wildman–Crippen LogP) is 4.43. The Morgan fingerprint density at radius 3 is 2.83 bits per heavy atom. The molecule has 0 radical (unpaired) electrons. The van der Waals surface area contributed by atoms with Crippen molar-refractivity contribution in [1.29, 1.82) is 0 Å². The number of ether oxygens (including phenoxy) is 1. The van der Waals surface area contributed by atoms with Crippen LogP contribution in [0.3, 0.4) is 0 Å². The van der Waals surface area contributed by atoms with Crippen LogP contribution in [-0.4, -0.2) is 39.9 Å². The van der Waals surface area contributed by atoms with Crippen LogP contribution < -0.4 is 0 Å². The van der Waals surface area contributed by atoms with Gasteiger partial charge in [0, 0.05) is 31.1 Å². The van der Waals surface area contributed by atoms with Gasteiger partial charge in [0.15, 0.2) is 0 Å². The molecule has 24 heavy (non-hydrogen) atoms. The molecule has 2 aliphatic rings. The predicted molar refractivity (Wildman–Crippen MR) is 97.9 cm³/mol. The normalized spacial score (nSPS) is 20.8. The summed E-state index contributed by atoms with van der Waals surface area (Å²) in [6.07, 6.45) is 6.18. The summed E-state index contributed by atoms with van der Waals surface area (Å²) in [4.78, 5) is 23.1. The van der Waals surface area contributed by atoms with Gasteiger partial charge in [0.05, 0.1) is 6.04 Å². The molecule has 1 atom stereocenters. The van der Waals surface area contributed by atoms with E-state index in [0.29, 0.717) is 0 Å². The Bertz CT molecular complexity index is 689. The molecule has 1 aromatic rings. The van der Waals surface area contributed by atoms with Gasteiger partial charge in [-0.1, -0.05) is 6.07 Å². The Kier molecular flexibility index (Phi) is 4.76. The molecular weight excluding hydrogens is 370 g/mol. The van der Waals surface area contributed by atoms with Crippen LogP contribution in [0.25, 0.3) is 5.57 Å². The monoisotopic (exact) mass is 391 g/mol. The quantitative estimate of drug-likeness (QED) is 0.700. The van der Waals surface area contributed by atoms with E-state index in [4.69, 9.17) is 4.74 Å². The minimum atomic E-state index is -0.478. The van der Waals surface area contributed by atoms with Gasteiger partial charge in [-0.3, -0.25) is 9.89 Å². The van der Waals surface area contributed by atoms with E-state index < -0.39 is 5.60 Å². The van der Waals surface area contributed by atoms with E-state index >= 15 is 0 Å². The van der Waals surface area contributed by atoms with Crippen molar-refractivity contribution >= 4 is 33.3 Å². The first kappa shape index (κ1) is 17.1. The molecule has 0 unspecified atom stereocenters. The van der Waals surface area contributed by atoms with Gasteiger partial charge in [0.2, 0.25) is 0 Å². The number of rotatable bonds is 2.